The quantitative estimate of drug-likeness (QED) is 0.392. The van der Waals surface area contributed by atoms with E-state index in [9.17, 15) is 0 Å². The molecule has 0 saturated carbocycles. The molecular formula is C6H12BN. The molecule has 2 fully saturated rings. The van der Waals surface area contributed by atoms with Crippen LogP contribution in [0.3, 0.4) is 0 Å². The van der Waals surface area contributed by atoms with E-state index >= 15 is 0 Å². The van der Waals surface area contributed by atoms with Gasteiger partial charge in [-0.25, -0.2) is 0 Å². The van der Waals surface area contributed by atoms with Gasteiger partial charge in [0.1, 0.15) is 7.85 Å². The first-order valence-electron chi connectivity index (χ1n) is 3.44. The van der Waals surface area contributed by atoms with Crippen LogP contribution in [0.4, 0.5) is 0 Å². The summed E-state index contributed by atoms with van der Waals surface area (Å²) in [5, 5.41) is 0.665. The highest BCUT2D eigenvalue weighted by molar-refractivity contribution is 6.16. The minimum Gasteiger partial charge on any atom is -0.301 e. The molecule has 0 aromatic rings. The average Bonchev–Trinajstić information content (AvgIpc) is 1.57. The second-order valence-corrected chi connectivity index (χ2v) is 3.76. The maximum atomic E-state index is 2.56. The van der Waals surface area contributed by atoms with Crippen molar-refractivity contribution in [1.29, 1.82) is 0 Å². The summed E-state index contributed by atoms with van der Waals surface area (Å²) >= 11 is 0. The van der Waals surface area contributed by atoms with Crippen LogP contribution in [0, 0.1) is 0 Å². The molecule has 0 radical (unpaired) electrons. The number of nitrogens with zero attached hydrogens (tertiary/aromatic N) is 1. The van der Waals surface area contributed by atoms with Crippen LogP contribution in [0.5, 0.6) is 0 Å². The van der Waals surface area contributed by atoms with Crippen LogP contribution in [0.25, 0.3) is 0 Å². The Morgan fingerprint density at radius 2 is 2.50 bits per heavy atom. The molecule has 2 aliphatic rings. The number of fused-ring (bicyclic) bond motifs is 1. The lowest BCUT2D eigenvalue weighted by molar-refractivity contribution is -0.0453. The van der Waals surface area contributed by atoms with Gasteiger partial charge in [-0.3, -0.25) is 0 Å². The minimum absolute atomic E-state index is 0.665. The van der Waals surface area contributed by atoms with E-state index in [2.05, 4.69) is 19.7 Å². The zero-order valence-electron chi connectivity index (χ0n) is 5.65. The average molecular weight is 109 g/mol. The van der Waals surface area contributed by atoms with Gasteiger partial charge in [0.2, 0.25) is 0 Å². The number of hydrogen-bond acceptors (Lipinski definition) is 1. The van der Waals surface area contributed by atoms with Gasteiger partial charge in [-0.1, -0.05) is 6.92 Å². The van der Waals surface area contributed by atoms with E-state index in [1.807, 2.05) is 0 Å². The third-order valence-corrected chi connectivity index (χ3v) is 2.64. The Morgan fingerprint density at radius 1 is 1.75 bits per heavy atom. The zero-order chi connectivity index (χ0) is 5.78. The van der Waals surface area contributed by atoms with Crippen molar-refractivity contribution >= 4 is 7.85 Å². The lowest BCUT2D eigenvalue weighted by Gasteiger charge is -2.62. The Labute approximate surface area is 51.5 Å². The molecule has 2 saturated heterocycles. The maximum Gasteiger partial charge on any atom is 0.112 e. The fraction of sp³-hybridized carbons (Fsp3) is 1.00. The van der Waals surface area contributed by atoms with Gasteiger partial charge in [0.15, 0.2) is 0 Å². The molecule has 2 heteroatoms. The largest absolute Gasteiger partial charge is 0.301 e. The summed E-state index contributed by atoms with van der Waals surface area (Å²) in [5.74, 6) is 0. The molecule has 2 aliphatic heterocycles. The van der Waals surface area contributed by atoms with E-state index in [0.717, 1.165) is 6.04 Å². The Balaban J connectivity index is 2.07. The summed E-state index contributed by atoms with van der Waals surface area (Å²) in [6, 6.07) is 0.961. The van der Waals surface area contributed by atoms with Gasteiger partial charge in [-0.05, 0) is 24.8 Å². The summed E-state index contributed by atoms with van der Waals surface area (Å²) in [4.78, 5) is 2.56. The second-order valence-electron chi connectivity index (χ2n) is 3.76. The number of piperidine rings is 1. The second kappa shape index (κ2) is 1.13. The number of hydrogen-bond donors (Lipinski definition) is 0. The molecule has 8 heavy (non-hydrogen) atoms. The monoisotopic (exact) mass is 109 g/mol. The van der Waals surface area contributed by atoms with Crippen molar-refractivity contribution < 1.29 is 0 Å². The number of rotatable bonds is 0. The lowest BCUT2D eigenvalue weighted by Crippen LogP contribution is -2.67. The van der Waals surface area contributed by atoms with Crippen molar-refractivity contribution in [2.45, 2.75) is 24.7 Å². The predicted octanol–water partition coefficient (Wildman–Crippen LogP) is -0.114. The molecule has 0 aromatic heterocycles. The fourth-order valence-electron chi connectivity index (χ4n) is 2.03. The third-order valence-electron chi connectivity index (χ3n) is 2.64. The molecule has 2 heterocycles. The van der Waals surface area contributed by atoms with Gasteiger partial charge >= 0.3 is 0 Å². The summed E-state index contributed by atoms with van der Waals surface area (Å²) in [7, 11) is 2.37. The fourth-order valence-corrected chi connectivity index (χ4v) is 2.03. The van der Waals surface area contributed by atoms with E-state index in [-0.39, 0.29) is 0 Å². The summed E-state index contributed by atoms with van der Waals surface area (Å²) in [5.41, 5.74) is 0. The van der Waals surface area contributed by atoms with Crippen LogP contribution in [-0.4, -0.2) is 31.9 Å². The standard InChI is InChI=1S/C6H12BN/c1-6(7)4-8-3-2-5(6)8/h5H,2-4,7H2,1H3. The van der Waals surface area contributed by atoms with Crippen LogP contribution < -0.4 is 0 Å². The van der Waals surface area contributed by atoms with Crippen LogP contribution in [0.15, 0.2) is 0 Å². The van der Waals surface area contributed by atoms with E-state index in [0.29, 0.717) is 5.31 Å². The highest BCUT2D eigenvalue weighted by atomic mass is 15.3. The maximum absolute atomic E-state index is 2.56. The zero-order valence-corrected chi connectivity index (χ0v) is 5.65. The highest BCUT2D eigenvalue weighted by Crippen LogP contribution is 2.48. The third kappa shape index (κ3) is 0.379. The molecule has 2 unspecified atom stereocenters. The normalized spacial score (nSPS) is 53.9. The first-order chi connectivity index (χ1) is 3.70. The minimum atomic E-state index is 0.665. The van der Waals surface area contributed by atoms with Crippen LogP contribution >= 0.6 is 0 Å². The molecule has 1 nitrogen and oxygen atoms in total. The topological polar surface area (TPSA) is 3.24 Å². The molecule has 0 amide bonds. The molecular weight excluding hydrogens is 96.9 g/mol. The molecule has 0 N–H and O–H groups in total. The van der Waals surface area contributed by atoms with Gasteiger partial charge in [-0.2, -0.15) is 0 Å². The Morgan fingerprint density at radius 3 is 2.50 bits per heavy atom. The van der Waals surface area contributed by atoms with Gasteiger partial charge < -0.3 is 4.90 Å². The van der Waals surface area contributed by atoms with Gasteiger partial charge in [-0.15, -0.1) is 0 Å². The van der Waals surface area contributed by atoms with Crippen molar-refractivity contribution in [3.63, 3.8) is 0 Å². The first kappa shape index (κ1) is 4.86. The van der Waals surface area contributed by atoms with Gasteiger partial charge in [0.25, 0.3) is 0 Å². The van der Waals surface area contributed by atoms with Gasteiger partial charge in [0, 0.05) is 6.04 Å². The van der Waals surface area contributed by atoms with Crippen molar-refractivity contribution in [2.75, 3.05) is 13.1 Å². The van der Waals surface area contributed by atoms with E-state index in [4.69, 9.17) is 0 Å². The molecule has 2 rings (SSSR count). The molecule has 0 aromatic carbocycles. The Hall–Kier alpha value is 0.0249. The molecule has 0 spiro atoms. The highest BCUT2D eigenvalue weighted by Gasteiger charge is 2.50. The van der Waals surface area contributed by atoms with Crippen LogP contribution in [0.1, 0.15) is 13.3 Å². The summed E-state index contributed by atoms with van der Waals surface area (Å²) in [6.07, 6.45) is 1.45. The van der Waals surface area contributed by atoms with E-state index < -0.39 is 0 Å². The van der Waals surface area contributed by atoms with E-state index in [1.54, 1.807) is 0 Å². The van der Waals surface area contributed by atoms with Crippen molar-refractivity contribution in [1.82, 2.24) is 4.90 Å². The SMILES string of the molecule is BC1(C)CN2CCC21. The molecule has 2 atom stereocenters. The first-order valence-corrected chi connectivity index (χ1v) is 3.44. The Kier molecular flexibility index (Phi) is 0.687. The van der Waals surface area contributed by atoms with Gasteiger partial charge in [0.05, 0.1) is 0 Å². The Bertz CT molecular complexity index is 122. The van der Waals surface area contributed by atoms with Crippen molar-refractivity contribution in [3.8, 4) is 0 Å². The molecule has 0 bridgehead atoms. The van der Waals surface area contributed by atoms with Crippen LogP contribution in [0.2, 0.25) is 5.31 Å². The van der Waals surface area contributed by atoms with Crippen molar-refractivity contribution in [3.05, 3.63) is 0 Å². The lowest BCUT2D eigenvalue weighted by atomic mass is 9.55. The molecule has 44 valence electrons. The van der Waals surface area contributed by atoms with Crippen molar-refractivity contribution in [2.24, 2.45) is 0 Å². The smallest absolute Gasteiger partial charge is 0.112 e. The summed E-state index contributed by atoms with van der Waals surface area (Å²) < 4.78 is 0. The van der Waals surface area contributed by atoms with E-state index in [1.165, 1.54) is 19.5 Å². The van der Waals surface area contributed by atoms with Crippen LogP contribution in [-0.2, 0) is 0 Å². The predicted molar refractivity (Wildman–Crippen MR) is 36.9 cm³/mol. The molecule has 0 aliphatic carbocycles. The summed E-state index contributed by atoms with van der Waals surface area (Å²) in [6.45, 7) is 5.08.